The van der Waals surface area contributed by atoms with Crippen molar-refractivity contribution in [1.29, 1.82) is 0 Å². The monoisotopic (exact) mass is 237 g/mol. The molecule has 1 aliphatic heterocycles. The lowest BCUT2D eigenvalue weighted by Crippen LogP contribution is -2.27. The average Bonchev–Trinajstić information content (AvgIpc) is 2.81. The number of thiazole rings is 1. The lowest BCUT2D eigenvalue weighted by atomic mass is 10.0. The van der Waals surface area contributed by atoms with Crippen LogP contribution in [0.4, 0.5) is 5.13 Å². The van der Waals surface area contributed by atoms with E-state index in [4.69, 9.17) is 5.73 Å². The van der Waals surface area contributed by atoms with Gasteiger partial charge in [-0.25, -0.2) is 4.98 Å². The Labute approximate surface area is 98.5 Å². The molecule has 1 unspecified atom stereocenters. The van der Waals surface area contributed by atoms with E-state index in [0.717, 1.165) is 18.0 Å². The Morgan fingerprint density at radius 1 is 1.38 bits per heavy atom. The molecule has 1 aromatic rings. The summed E-state index contributed by atoms with van der Waals surface area (Å²) in [5.41, 5.74) is 7.00. The normalized spacial score (nSPS) is 24.9. The van der Waals surface area contributed by atoms with Crippen LogP contribution in [-0.4, -0.2) is 23.5 Å². The van der Waals surface area contributed by atoms with Crippen molar-refractivity contribution in [2.45, 2.75) is 38.1 Å². The summed E-state index contributed by atoms with van der Waals surface area (Å²) in [6.07, 6.45) is 5.14. The molecule has 1 aliphatic carbocycles. The second-order valence-electron chi connectivity index (χ2n) is 4.54. The molecule has 4 nitrogen and oxygen atoms in total. The number of anilines is 1. The first-order chi connectivity index (χ1) is 7.74. The highest BCUT2D eigenvalue weighted by atomic mass is 32.1. The molecule has 0 aromatic carbocycles. The minimum atomic E-state index is -0.0200. The van der Waals surface area contributed by atoms with Crippen LogP contribution < -0.4 is 10.6 Å². The summed E-state index contributed by atoms with van der Waals surface area (Å²) in [7, 11) is 0. The molecule has 0 spiro atoms. The van der Waals surface area contributed by atoms with Gasteiger partial charge in [-0.05, 0) is 25.7 Å². The third kappa shape index (κ3) is 1.64. The van der Waals surface area contributed by atoms with E-state index in [1.165, 1.54) is 23.4 Å². The third-order valence-corrected chi connectivity index (χ3v) is 4.40. The Bertz CT molecular complexity index is 405. The molecule has 2 N–H and O–H groups in total. The maximum Gasteiger partial charge on any atom is 0.230 e. The lowest BCUT2D eigenvalue weighted by molar-refractivity contribution is -0.117. The zero-order chi connectivity index (χ0) is 11.1. The Balaban J connectivity index is 1.89. The second-order valence-corrected chi connectivity index (χ2v) is 5.60. The molecule has 2 aliphatic rings. The number of fused-ring (bicyclic) bond motifs is 1. The molecule has 1 amide bonds. The summed E-state index contributed by atoms with van der Waals surface area (Å²) in [5.74, 6) is 0.124. The van der Waals surface area contributed by atoms with Gasteiger partial charge in [-0.3, -0.25) is 9.69 Å². The van der Waals surface area contributed by atoms with Crippen molar-refractivity contribution in [3.05, 3.63) is 10.6 Å². The molecule has 3 rings (SSSR count). The predicted molar refractivity (Wildman–Crippen MR) is 63.7 cm³/mol. The van der Waals surface area contributed by atoms with Crippen LogP contribution in [0.5, 0.6) is 0 Å². The fourth-order valence-electron chi connectivity index (χ4n) is 2.37. The van der Waals surface area contributed by atoms with E-state index >= 15 is 0 Å². The smallest absolute Gasteiger partial charge is 0.230 e. The number of carbonyl (C=O) groups excluding carboxylic acids is 1. The molecule has 0 saturated carbocycles. The van der Waals surface area contributed by atoms with Crippen molar-refractivity contribution in [1.82, 2.24) is 4.98 Å². The Hall–Kier alpha value is -0.940. The number of hydrogen-bond donors (Lipinski definition) is 1. The van der Waals surface area contributed by atoms with Gasteiger partial charge in [0.05, 0.1) is 5.69 Å². The van der Waals surface area contributed by atoms with Gasteiger partial charge in [0, 0.05) is 23.9 Å². The summed E-state index contributed by atoms with van der Waals surface area (Å²) < 4.78 is 0. The van der Waals surface area contributed by atoms with Gasteiger partial charge in [-0.2, -0.15) is 0 Å². The van der Waals surface area contributed by atoms with Gasteiger partial charge in [-0.1, -0.05) is 0 Å². The van der Waals surface area contributed by atoms with Crippen molar-refractivity contribution in [3.8, 4) is 0 Å². The maximum atomic E-state index is 11.7. The number of rotatable bonds is 1. The Morgan fingerprint density at radius 3 is 2.88 bits per heavy atom. The van der Waals surface area contributed by atoms with Crippen LogP contribution in [0.2, 0.25) is 0 Å². The molecular formula is C11H15N3OS. The molecule has 1 saturated heterocycles. The number of hydrogen-bond acceptors (Lipinski definition) is 4. The van der Waals surface area contributed by atoms with Crippen molar-refractivity contribution in [2.24, 2.45) is 5.73 Å². The molecule has 16 heavy (non-hydrogen) atoms. The zero-order valence-corrected chi connectivity index (χ0v) is 9.92. The quantitative estimate of drug-likeness (QED) is 0.795. The van der Waals surface area contributed by atoms with Crippen LogP contribution in [-0.2, 0) is 17.6 Å². The highest BCUT2D eigenvalue weighted by Gasteiger charge is 2.31. The highest BCUT2D eigenvalue weighted by Crippen LogP contribution is 2.33. The van der Waals surface area contributed by atoms with E-state index in [-0.39, 0.29) is 11.9 Å². The summed E-state index contributed by atoms with van der Waals surface area (Å²) >= 11 is 1.68. The van der Waals surface area contributed by atoms with Crippen LogP contribution in [0.15, 0.2) is 0 Å². The lowest BCUT2D eigenvalue weighted by Gasteiger charge is -2.10. The van der Waals surface area contributed by atoms with Crippen LogP contribution in [0.1, 0.15) is 29.8 Å². The first kappa shape index (κ1) is 10.2. The predicted octanol–water partition coefficient (Wildman–Crippen LogP) is 1.09. The maximum absolute atomic E-state index is 11.7. The SMILES string of the molecule is NC1CC(=O)N(c2nc3c(s2)CCCC3)C1. The molecule has 0 bridgehead atoms. The van der Waals surface area contributed by atoms with Crippen LogP contribution >= 0.6 is 11.3 Å². The van der Waals surface area contributed by atoms with Gasteiger partial charge in [0.2, 0.25) is 5.91 Å². The average molecular weight is 237 g/mol. The summed E-state index contributed by atoms with van der Waals surface area (Å²) in [6, 6.07) is -0.0200. The van der Waals surface area contributed by atoms with Crippen molar-refractivity contribution >= 4 is 22.4 Å². The van der Waals surface area contributed by atoms with Gasteiger partial charge in [0.25, 0.3) is 0 Å². The van der Waals surface area contributed by atoms with Gasteiger partial charge >= 0.3 is 0 Å². The van der Waals surface area contributed by atoms with E-state index in [0.29, 0.717) is 13.0 Å². The number of nitrogens with two attached hydrogens (primary N) is 1. The fourth-order valence-corrected chi connectivity index (χ4v) is 3.55. The van der Waals surface area contributed by atoms with E-state index in [1.807, 2.05) is 0 Å². The van der Waals surface area contributed by atoms with Crippen LogP contribution in [0.3, 0.4) is 0 Å². The van der Waals surface area contributed by atoms with Gasteiger partial charge in [0.15, 0.2) is 5.13 Å². The molecule has 1 aromatic heterocycles. The van der Waals surface area contributed by atoms with Crippen molar-refractivity contribution in [2.75, 3.05) is 11.4 Å². The molecule has 1 atom stereocenters. The second kappa shape index (κ2) is 3.82. The molecule has 0 radical (unpaired) electrons. The van der Waals surface area contributed by atoms with Crippen molar-refractivity contribution < 1.29 is 4.79 Å². The standard InChI is InChI=1S/C11H15N3OS/c12-7-5-10(15)14(6-7)11-13-8-3-1-2-4-9(8)16-11/h7H,1-6,12H2. The zero-order valence-electron chi connectivity index (χ0n) is 9.11. The first-order valence-corrected chi connectivity index (χ1v) is 6.60. The summed E-state index contributed by atoms with van der Waals surface area (Å²) in [4.78, 5) is 19.4. The van der Waals surface area contributed by atoms with Crippen LogP contribution in [0.25, 0.3) is 0 Å². The van der Waals surface area contributed by atoms with Gasteiger partial charge in [-0.15, -0.1) is 11.3 Å². The largest absolute Gasteiger partial charge is 0.326 e. The van der Waals surface area contributed by atoms with Crippen LogP contribution in [0, 0.1) is 0 Å². The number of amides is 1. The molecular weight excluding hydrogens is 222 g/mol. The van der Waals surface area contributed by atoms with E-state index < -0.39 is 0 Å². The summed E-state index contributed by atoms with van der Waals surface area (Å²) in [5, 5.41) is 0.866. The van der Waals surface area contributed by atoms with Crippen molar-refractivity contribution in [3.63, 3.8) is 0 Å². The molecule has 2 heterocycles. The van der Waals surface area contributed by atoms with Gasteiger partial charge in [0.1, 0.15) is 0 Å². The number of aryl methyl sites for hydroxylation is 2. The molecule has 5 heteroatoms. The number of nitrogens with zero attached hydrogens (tertiary/aromatic N) is 2. The Kier molecular flexibility index (Phi) is 2.44. The molecule has 86 valence electrons. The first-order valence-electron chi connectivity index (χ1n) is 5.78. The van der Waals surface area contributed by atoms with E-state index in [2.05, 4.69) is 4.98 Å². The third-order valence-electron chi connectivity index (χ3n) is 3.22. The summed E-state index contributed by atoms with van der Waals surface area (Å²) in [6.45, 7) is 0.630. The van der Waals surface area contributed by atoms with E-state index in [9.17, 15) is 4.79 Å². The van der Waals surface area contributed by atoms with E-state index in [1.54, 1.807) is 16.2 Å². The highest BCUT2D eigenvalue weighted by molar-refractivity contribution is 7.16. The Morgan fingerprint density at radius 2 is 2.19 bits per heavy atom. The number of carbonyl (C=O) groups is 1. The minimum absolute atomic E-state index is 0.0200. The topological polar surface area (TPSA) is 59.2 Å². The minimum Gasteiger partial charge on any atom is -0.326 e. The van der Waals surface area contributed by atoms with Gasteiger partial charge < -0.3 is 5.73 Å². The number of aromatic nitrogens is 1. The molecule has 1 fully saturated rings. The fraction of sp³-hybridized carbons (Fsp3) is 0.636.